The van der Waals surface area contributed by atoms with E-state index in [0.717, 1.165) is 36.8 Å². The third-order valence-corrected chi connectivity index (χ3v) is 5.10. The van der Waals surface area contributed by atoms with Crippen LogP contribution in [0.4, 0.5) is 5.82 Å². The zero-order valence-electron chi connectivity index (χ0n) is 12.7. The van der Waals surface area contributed by atoms with Gasteiger partial charge < -0.3 is 9.87 Å². The molecule has 1 N–H and O–H groups in total. The van der Waals surface area contributed by atoms with Gasteiger partial charge in [-0.15, -0.1) is 0 Å². The molecule has 0 aromatic carbocycles. The first-order valence-corrected chi connectivity index (χ1v) is 8.82. The van der Waals surface area contributed by atoms with Crippen LogP contribution < -0.4 is 5.32 Å². The molecule has 5 heteroatoms. The molecular weight excluding hydrogens is 294 g/mol. The molecule has 1 unspecified atom stereocenters. The van der Waals surface area contributed by atoms with E-state index in [9.17, 15) is 4.55 Å². The molecule has 0 bridgehead atoms. The highest BCUT2D eigenvalue weighted by Crippen LogP contribution is 2.31. The van der Waals surface area contributed by atoms with Gasteiger partial charge in [-0.3, -0.25) is 4.90 Å². The molecule has 0 radical (unpaired) electrons. The molecule has 2 aromatic rings. The molecule has 0 spiro atoms. The van der Waals surface area contributed by atoms with Crippen LogP contribution >= 0.6 is 10.8 Å². The minimum atomic E-state index is -0.934. The Morgan fingerprint density at radius 2 is 2.27 bits per heavy atom. The molecule has 3 rings (SSSR count). The van der Waals surface area contributed by atoms with Crippen molar-refractivity contribution < 1.29 is 4.55 Å². The van der Waals surface area contributed by atoms with Gasteiger partial charge in [0.1, 0.15) is 11.2 Å². The van der Waals surface area contributed by atoms with Gasteiger partial charge in [0.25, 0.3) is 0 Å². The zero-order chi connectivity index (χ0) is 15.4. The number of pyridine rings is 1. The fraction of sp³-hybridized carbons (Fsp3) is 0.353. The van der Waals surface area contributed by atoms with Gasteiger partial charge in [0, 0.05) is 43.5 Å². The number of rotatable bonds is 5. The van der Waals surface area contributed by atoms with Crippen LogP contribution in [0, 0.1) is 0 Å². The van der Waals surface area contributed by atoms with Gasteiger partial charge in [-0.05, 0) is 42.3 Å². The third-order valence-electron chi connectivity index (χ3n) is 3.87. The number of anilines is 1. The molecule has 2 aromatic heterocycles. The Morgan fingerprint density at radius 3 is 2.91 bits per heavy atom. The van der Waals surface area contributed by atoms with Gasteiger partial charge in [-0.1, -0.05) is 12.1 Å². The molecule has 1 aliphatic heterocycles. The highest BCUT2D eigenvalue weighted by molar-refractivity contribution is 7.24. The predicted molar refractivity (Wildman–Crippen MR) is 91.5 cm³/mol. The monoisotopic (exact) mass is 315 g/mol. The summed E-state index contributed by atoms with van der Waals surface area (Å²) in [6.45, 7) is 5.07. The minimum Gasteiger partial charge on any atom is -0.590 e. The van der Waals surface area contributed by atoms with E-state index in [2.05, 4.69) is 28.2 Å². The Balaban J connectivity index is 1.53. The van der Waals surface area contributed by atoms with Gasteiger partial charge >= 0.3 is 0 Å². The molecule has 3 heterocycles. The first kappa shape index (κ1) is 15.2. The van der Waals surface area contributed by atoms with Gasteiger partial charge in [0.15, 0.2) is 4.88 Å². The number of hydrogen-bond donors (Lipinski definition) is 1. The van der Waals surface area contributed by atoms with Crippen LogP contribution in [0.2, 0.25) is 0 Å². The summed E-state index contributed by atoms with van der Waals surface area (Å²) in [5.74, 6) is 0.917. The van der Waals surface area contributed by atoms with Crippen LogP contribution in [-0.4, -0.2) is 40.1 Å². The summed E-state index contributed by atoms with van der Waals surface area (Å²) in [5, 5.41) is 5.17. The van der Waals surface area contributed by atoms with Crippen molar-refractivity contribution in [1.29, 1.82) is 0 Å². The standard InChI is InChI=1S/C17H21N3OS/c1-14(19-17-6-2-3-9-18-17)13-20-10-7-15(8-11-20)16-5-4-12-22(16)21/h2-7,9,12,14H,8,10-11,13H2,1H3,(H,18,19)/t14-,22?/m1/s1. The van der Waals surface area contributed by atoms with E-state index in [1.807, 2.05) is 30.3 Å². The fourth-order valence-electron chi connectivity index (χ4n) is 2.81. The number of nitrogens with one attached hydrogen (secondary N) is 1. The maximum Gasteiger partial charge on any atom is 0.175 e. The SMILES string of the molecule is C[C@H](CN1CC=C(c2ccc[s+]2[O-])CC1)Nc1ccccn1. The van der Waals surface area contributed by atoms with Crippen molar-refractivity contribution in [2.75, 3.05) is 25.0 Å². The van der Waals surface area contributed by atoms with Crippen LogP contribution in [-0.2, 0) is 0 Å². The molecule has 2 atom stereocenters. The van der Waals surface area contributed by atoms with Crippen LogP contribution in [0.5, 0.6) is 0 Å². The van der Waals surface area contributed by atoms with E-state index in [4.69, 9.17) is 0 Å². The lowest BCUT2D eigenvalue weighted by molar-refractivity contribution is 0.293. The Kier molecular flexibility index (Phi) is 4.87. The lowest BCUT2D eigenvalue weighted by atomic mass is 10.1. The summed E-state index contributed by atoms with van der Waals surface area (Å²) in [5.41, 5.74) is 1.24. The summed E-state index contributed by atoms with van der Waals surface area (Å²) in [6, 6.07) is 10.1. The predicted octanol–water partition coefficient (Wildman–Crippen LogP) is 3.40. The molecule has 0 saturated heterocycles. The number of nitrogens with zero attached hydrogens (tertiary/aromatic N) is 2. The molecular formula is C17H21N3OS. The molecule has 0 amide bonds. The summed E-state index contributed by atoms with van der Waals surface area (Å²) in [6.07, 6.45) is 4.98. The molecule has 0 saturated carbocycles. The molecule has 4 nitrogen and oxygen atoms in total. The average molecular weight is 315 g/mol. The minimum absolute atomic E-state index is 0.339. The smallest absolute Gasteiger partial charge is 0.175 e. The molecule has 22 heavy (non-hydrogen) atoms. The van der Waals surface area contributed by atoms with Crippen LogP contribution in [0.15, 0.2) is 48.0 Å². The Morgan fingerprint density at radius 1 is 1.36 bits per heavy atom. The second-order valence-corrected chi connectivity index (χ2v) is 6.96. The van der Waals surface area contributed by atoms with E-state index in [0.29, 0.717) is 6.04 Å². The van der Waals surface area contributed by atoms with Crippen LogP contribution in [0.3, 0.4) is 0 Å². The van der Waals surface area contributed by atoms with Crippen LogP contribution in [0.25, 0.3) is 5.57 Å². The Hall–Kier alpha value is -1.69. The third kappa shape index (κ3) is 3.74. The van der Waals surface area contributed by atoms with E-state index < -0.39 is 10.8 Å². The molecule has 0 aliphatic carbocycles. The van der Waals surface area contributed by atoms with Crippen molar-refractivity contribution >= 4 is 22.1 Å². The van der Waals surface area contributed by atoms with Crippen molar-refractivity contribution in [2.24, 2.45) is 0 Å². The van der Waals surface area contributed by atoms with E-state index in [1.54, 1.807) is 11.6 Å². The number of hydrogen-bond acceptors (Lipinski definition) is 4. The summed E-state index contributed by atoms with van der Waals surface area (Å²) in [4.78, 5) is 7.69. The molecule has 0 fully saturated rings. The van der Waals surface area contributed by atoms with Gasteiger partial charge in [-0.25, -0.2) is 4.98 Å². The fourth-order valence-corrected chi connectivity index (χ4v) is 3.83. The summed E-state index contributed by atoms with van der Waals surface area (Å²) < 4.78 is 11.8. The van der Waals surface area contributed by atoms with Crippen molar-refractivity contribution in [1.82, 2.24) is 9.88 Å². The number of aromatic nitrogens is 1. The van der Waals surface area contributed by atoms with E-state index in [1.165, 1.54) is 5.57 Å². The highest BCUT2D eigenvalue weighted by atomic mass is 32.2. The second kappa shape index (κ2) is 7.05. The molecule has 1 aliphatic rings. The van der Waals surface area contributed by atoms with Gasteiger partial charge in [0.05, 0.1) is 0 Å². The Bertz CT molecular complexity index is 638. The quantitative estimate of drug-likeness (QED) is 0.859. The first-order chi connectivity index (χ1) is 10.7. The lowest BCUT2D eigenvalue weighted by Crippen LogP contribution is -2.37. The second-order valence-electron chi connectivity index (χ2n) is 5.66. The number of thiophene rings is 1. The zero-order valence-corrected chi connectivity index (χ0v) is 13.6. The maximum absolute atomic E-state index is 11.8. The largest absolute Gasteiger partial charge is 0.590 e. The topological polar surface area (TPSA) is 51.2 Å². The van der Waals surface area contributed by atoms with Crippen molar-refractivity contribution in [3.05, 3.63) is 52.9 Å². The van der Waals surface area contributed by atoms with Crippen molar-refractivity contribution in [2.45, 2.75) is 19.4 Å². The van der Waals surface area contributed by atoms with E-state index >= 15 is 0 Å². The molecule has 116 valence electrons. The van der Waals surface area contributed by atoms with Crippen molar-refractivity contribution in [3.63, 3.8) is 0 Å². The summed E-state index contributed by atoms with van der Waals surface area (Å²) in [7, 11) is -0.934. The van der Waals surface area contributed by atoms with E-state index in [-0.39, 0.29) is 0 Å². The first-order valence-electron chi connectivity index (χ1n) is 7.61. The van der Waals surface area contributed by atoms with Crippen molar-refractivity contribution in [3.8, 4) is 0 Å². The highest BCUT2D eigenvalue weighted by Gasteiger charge is 2.19. The van der Waals surface area contributed by atoms with Gasteiger partial charge in [-0.2, -0.15) is 0 Å². The Labute approximate surface area is 134 Å². The van der Waals surface area contributed by atoms with Crippen LogP contribution in [0.1, 0.15) is 18.2 Å². The summed E-state index contributed by atoms with van der Waals surface area (Å²) >= 11 is 0. The normalized spacial score (nSPS) is 17.9. The maximum atomic E-state index is 11.8. The van der Waals surface area contributed by atoms with Gasteiger partial charge in [0.2, 0.25) is 0 Å². The lowest BCUT2D eigenvalue weighted by Gasteiger charge is -2.28. The average Bonchev–Trinajstić information content (AvgIpc) is 2.95.